The van der Waals surface area contributed by atoms with Crippen molar-refractivity contribution < 1.29 is 19.1 Å². The molecule has 0 aliphatic rings. The van der Waals surface area contributed by atoms with E-state index < -0.39 is 17.7 Å². The first-order valence-electron chi connectivity index (χ1n) is 7.19. The van der Waals surface area contributed by atoms with E-state index in [2.05, 4.69) is 10.6 Å². The lowest BCUT2D eigenvalue weighted by Gasteiger charge is -2.20. The van der Waals surface area contributed by atoms with Crippen LogP contribution >= 0.6 is 0 Å². The van der Waals surface area contributed by atoms with Crippen molar-refractivity contribution in [2.24, 2.45) is 0 Å². The third kappa shape index (κ3) is 6.70. The van der Waals surface area contributed by atoms with Crippen LogP contribution in [0.1, 0.15) is 33.3 Å². The van der Waals surface area contributed by atoms with Gasteiger partial charge in [0, 0.05) is 0 Å². The fourth-order valence-corrected chi connectivity index (χ4v) is 1.66. The Hall–Kier alpha value is -2.75. The summed E-state index contributed by atoms with van der Waals surface area (Å²) in [6, 6.07) is 6.66. The molecule has 0 spiro atoms. The molecule has 7 nitrogen and oxygen atoms in total. The number of carbonyl (C=O) groups excluding carboxylic acids is 2. The molecular weight excluding hydrogens is 298 g/mol. The fourth-order valence-electron chi connectivity index (χ4n) is 1.66. The van der Waals surface area contributed by atoms with Crippen LogP contribution in [0.15, 0.2) is 18.2 Å². The summed E-state index contributed by atoms with van der Waals surface area (Å²) in [6.07, 6.45) is -0.624. The summed E-state index contributed by atoms with van der Waals surface area (Å²) < 4.78 is 10.0. The molecule has 1 aromatic carbocycles. The Morgan fingerprint density at radius 1 is 1.26 bits per heavy atom. The van der Waals surface area contributed by atoms with E-state index in [0.717, 1.165) is 0 Å². The average molecular weight is 319 g/mol. The van der Waals surface area contributed by atoms with E-state index >= 15 is 0 Å². The quantitative estimate of drug-likeness (QED) is 0.809. The summed E-state index contributed by atoms with van der Waals surface area (Å²) in [5, 5.41) is 14.4. The minimum Gasteiger partial charge on any atom is -0.465 e. The van der Waals surface area contributed by atoms with Crippen LogP contribution in [0.2, 0.25) is 0 Å². The summed E-state index contributed by atoms with van der Waals surface area (Å²) in [5.41, 5.74) is 0.603. The van der Waals surface area contributed by atoms with E-state index in [0.29, 0.717) is 16.9 Å². The Morgan fingerprint density at radius 3 is 2.52 bits per heavy atom. The highest BCUT2D eigenvalue weighted by molar-refractivity contribution is 5.90. The number of hydrogen-bond donors (Lipinski definition) is 2. The van der Waals surface area contributed by atoms with Gasteiger partial charge in [-0.15, -0.1) is 0 Å². The standard InChI is InChI=1S/C16H21N3O4/c1-5-22-14(20)10-18-13-8-11(9-17)6-7-12(13)19-15(21)23-16(2,3)4/h6-8,18H,5,10H2,1-4H3,(H,19,21). The molecular formula is C16H21N3O4. The van der Waals surface area contributed by atoms with Crippen molar-refractivity contribution in [1.82, 2.24) is 0 Å². The molecule has 1 rings (SSSR count). The van der Waals surface area contributed by atoms with Gasteiger partial charge in [0.05, 0.1) is 29.6 Å². The van der Waals surface area contributed by atoms with Gasteiger partial charge in [0.1, 0.15) is 12.1 Å². The number of hydrogen-bond acceptors (Lipinski definition) is 6. The van der Waals surface area contributed by atoms with Gasteiger partial charge in [-0.1, -0.05) is 0 Å². The van der Waals surface area contributed by atoms with Crippen molar-refractivity contribution in [3.8, 4) is 6.07 Å². The number of esters is 1. The highest BCUT2D eigenvalue weighted by atomic mass is 16.6. The first-order valence-corrected chi connectivity index (χ1v) is 7.19. The van der Waals surface area contributed by atoms with Gasteiger partial charge in [-0.2, -0.15) is 5.26 Å². The maximum Gasteiger partial charge on any atom is 0.412 e. The average Bonchev–Trinajstić information content (AvgIpc) is 2.44. The molecule has 1 amide bonds. The Balaban J connectivity index is 2.87. The SMILES string of the molecule is CCOC(=O)CNc1cc(C#N)ccc1NC(=O)OC(C)(C)C. The number of nitriles is 1. The Morgan fingerprint density at radius 2 is 1.96 bits per heavy atom. The number of nitrogens with zero attached hydrogens (tertiary/aromatic N) is 1. The molecule has 2 N–H and O–H groups in total. The molecule has 0 aliphatic carbocycles. The normalized spacial score (nSPS) is 10.4. The molecule has 0 bridgehead atoms. The van der Waals surface area contributed by atoms with Crippen molar-refractivity contribution in [1.29, 1.82) is 5.26 Å². The van der Waals surface area contributed by atoms with Gasteiger partial charge in [0.15, 0.2) is 0 Å². The Kier molecular flexibility index (Phi) is 6.39. The van der Waals surface area contributed by atoms with E-state index in [1.807, 2.05) is 6.07 Å². The van der Waals surface area contributed by atoms with Gasteiger partial charge in [-0.05, 0) is 45.9 Å². The molecule has 124 valence electrons. The molecule has 7 heteroatoms. The van der Waals surface area contributed by atoms with Crippen molar-refractivity contribution in [3.63, 3.8) is 0 Å². The smallest absolute Gasteiger partial charge is 0.412 e. The minimum atomic E-state index is -0.630. The molecule has 0 unspecified atom stereocenters. The van der Waals surface area contributed by atoms with E-state index in [4.69, 9.17) is 14.7 Å². The van der Waals surface area contributed by atoms with Gasteiger partial charge in [-0.25, -0.2) is 4.79 Å². The highest BCUT2D eigenvalue weighted by Crippen LogP contribution is 2.24. The molecule has 23 heavy (non-hydrogen) atoms. The van der Waals surface area contributed by atoms with Gasteiger partial charge in [0.2, 0.25) is 0 Å². The molecule has 0 atom stereocenters. The summed E-state index contributed by atoms with van der Waals surface area (Å²) in [5.74, 6) is -0.432. The first-order chi connectivity index (χ1) is 10.7. The summed E-state index contributed by atoms with van der Waals surface area (Å²) in [6.45, 7) is 7.18. The second-order valence-corrected chi connectivity index (χ2v) is 5.66. The van der Waals surface area contributed by atoms with Crippen LogP contribution in [0.4, 0.5) is 16.2 Å². The van der Waals surface area contributed by atoms with Crippen molar-refractivity contribution in [3.05, 3.63) is 23.8 Å². The van der Waals surface area contributed by atoms with Crippen molar-refractivity contribution in [2.45, 2.75) is 33.3 Å². The monoisotopic (exact) mass is 319 g/mol. The number of nitrogens with one attached hydrogen (secondary N) is 2. The zero-order chi connectivity index (χ0) is 17.5. The number of anilines is 2. The fraction of sp³-hybridized carbons (Fsp3) is 0.438. The topological polar surface area (TPSA) is 100 Å². The molecule has 0 aliphatic heterocycles. The molecule has 0 saturated carbocycles. The Labute approximate surface area is 135 Å². The first kappa shape index (κ1) is 18.3. The zero-order valence-electron chi connectivity index (χ0n) is 13.7. The van der Waals surface area contributed by atoms with Crippen molar-refractivity contribution in [2.75, 3.05) is 23.8 Å². The molecule has 0 saturated heterocycles. The third-order valence-corrected chi connectivity index (χ3v) is 2.51. The van der Waals surface area contributed by atoms with Crippen LogP contribution in [0.5, 0.6) is 0 Å². The van der Waals surface area contributed by atoms with E-state index in [1.54, 1.807) is 39.8 Å². The third-order valence-electron chi connectivity index (χ3n) is 2.51. The van der Waals surface area contributed by atoms with Crippen LogP contribution in [-0.4, -0.2) is 30.8 Å². The summed E-state index contributed by atoms with van der Waals surface area (Å²) in [4.78, 5) is 23.3. The van der Waals surface area contributed by atoms with Gasteiger partial charge < -0.3 is 14.8 Å². The highest BCUT2D eigenvalue weighted by Gasteiger charge is 2.17. The second kappa shape index (κ2) is 8.03. The zero-order valence-corrected chi connectivity index (χ0v) is 13.7. The lowest BCUT2D eigenvalue weighted by molar-refractivity contribution is -0.140. The predicted octanol–water partition coefficient (Wildman–Crippen LogP) is 2.88. The summed E-state index contributed by atoms with van der Waals surface area (Å²) >= 11 is 0. The number of carbonyl (C=O) groups is 2. The van der Waals surface area contributed by atoms with Gasteiger partial charge >= 0.3 is 12.1 Å². The number of rotatable bonds is 5. The van der Waals surface area contributed by atoms with Crippen LogP contribution < -0.4 is 10.6 Å². The molecule has 0 fully saturated rings. The van der Waals surface area contributed by atoms with Crippen LogP contribution in [-0.2, 0) is 14.3 Å². The minimum absolute atomic E-state index is 0.0777. The predicted molar refractivity (Wildman–Crippen MR) is 86.1 cm³/mol. The molecule has 0 aromatic heterocycles. The lowest BCUT2D eigenvalue weighted by Crippen LogP contribution is -2.27. The number of amides is 1. The summed E-state index contributed by atoms with van der Waals surface area (Å²) in [7, 11) is 0. The van der Waals surface area contributed by atoms with E-state index in [-0.39, 0.29) is 13.2 Å². The van der Waals surface area contributed by atoms with Gasteiger partial charge in [0.25, 0.3) is 0 Å². The lowest BCUT2D eigenvalue weighted by atomic mass is 10.2. The molecule has 0 heterocycles. The van der Waals surface area contributed by atoms with E-state index in [9.17, 15) is 9.59 Å². The number of benzene rings is 1. The van der Waals surface area contributed by atoms with Crippen molar-refractivity contribution >= 4 is 23.4 Å². The van der Waals surface area contributed by atoms with Gasteiger partial charge in [-0.3, -0.25) is 10.1 Å². The maximum absolute atomic E-state index is 11.9. The maximum atomic E-state index is 11.9. The largest absolute Gasteiger partial charge is 0.465 e. The van der Waals surface area contributed by atoms with Crippen LogP contribution in [0.25, 0.3) is 0 Å². The Bertz CT molecular complexity index is 615. The van der Waals surface area contributed by atoms with Crippen LogP contribution in [0.3, 0.4) is 0 Å². The van der Waals surface area contributed by atoms with Crippen LogP contribution in [0, 0.1) is 11.3 Å². The molecule has 0 radical (unpaired) electrons. The molecule has 1 aromatic rings. The number of ether oxygens (including phenoxy) is 2. The van der Waals surface area contributed by atoms with E-state index in [1.165, 1.54) is 6.07 Å². The second-order valence-electron chi connectivity index (χ2n) is 5.66.